The summed E-state index contributed by atoms with van der Waals surface area (Å²) in [6.07, 6.45) is -32.5. The maximum absolute atomic E-state index is 12.9. The highest BCUT2D eigenvalue weighted by Gasteiger charge is 2.57. The Morgan fingerprint density at radius 2 is 1.26 bits per heavy atom. The van der Waals surface area contributed by atoms with Crippen LogP contribution in [0, 0.1) is 5.92 Å². The molecule has 5 rings (SSSR count). The van der Waals surface area contributed by atoms with Gasteiger partial charge in [0.2, 0.25) is 17.7 Å². The normalized spacial score (nSPS) is 36.2. The zero-order valence-electron chi connectivity index (χ0n) is 38.8. The zero-order valence-corrected chi connectivity index (χ0v) is 39.7. The van der Waals surface area contributed by atoms with E-state index in [9.17, 15) is 79.5 Å². The fourth-order valence-corrected chi connectivity index (χ4v) is 8.44. The molecular formula is C42H61N5O24S. The van der Waals surface area contributed by atoms with Gasteiger partial charge in [-0.15, -0.1) is 0 Å². The standard InChI is InChI=1S/C42H61N5O24S/c1-15-24(51)28(55)40(67-30(15)37(59)60)69-32-23(46-17(3)50)39(66-22(26(32)53)13-65-42(63)44-10-9-43-36(58)20(14-72)47-35(57)18-7-5-4-6-8-18)70-33-27(54)29(56)41(71-34(33)38(61)62)68-31-19(45-16(2)49)12-64-21(11-48)25(31)52/h4-8,15,19-34,39-41,48,51-56,72H,9-14H2,1-3H3,(H,43,58)(H,44,63)(H,45,49)(H,46,50)(H,47,57)(H,59,60)(H,61,62)/t15?,19?,20-,21?,22?,23?,24?,25+,26+,27?,28?,29?,30?,31?,32?,33-,34?,39-,40-,41+/m0/s1. The Bertz CT molecular complexity index is 2030. The van der Waals surface area contributed by atoms with Crippen molar-refractivity contribution in [3.63, 3.8) is 0 Å². The summed E-state index contributed by atoms with van der Waals surface area (Å²) in [7, 11) is 0. The van der Waals surface area contributed by atoms with Crippen molar-refractivity contribution >= 4 is 54.3 Å². The van der Waals surface area contributed by atoms with Gasteiger partial charge in [-0.25, -0.2) is 14.4 Å². The van der Waals surface area contributed by atoms with Gasteiger partial charge in [-0.2, -0.15) is 12.6 Å². The minimum Gasteiger partial charge on any atom is -0.479 e. The minimum atomic E-state index is -2.32. The van der Waals surface area contributed by atoms with E-state index in [4.69, 9.17) is 37.9 Å². The van der Waals surface area contributed by atoms with Crippen molar-refractivity contribution in [1.29, 1.82) is 0 Å². The molecule has 13 unspecified atom stereocenters. The van der Waals surface area contributed by atoms with Crippen molar-refractivity contribution < 1.29 is 117 Å². The van der Waals surface area contributed by atoms with Crippen LogP contribution in [0.15, 0.2) is 30.3 Å². The number of carbonyl (C=O) groups is 7. The smallest absolute Gasteiger partial charge is 0.407 e. The van der Waals surface area contributed by atoms with Crippen LogP contribution in [-0.2, 0) is 61.9 Å². The van der Waals surface area contributed by atoms with E-state index in [1.54, 1.807) is 30.3 Å². The lowest BCUT2D eigenvalue weighted by Gasteiger charge is -2.49. The van der Waals surface area contributed by atoms with Gasteiger partial charge in [0.1, 0.15) is 79.7 Å². The number of carboxylic acids is 2. The van der Waals surface area contributed by atoms with E-state index in [-0.39, 0.29) is 25.4 Å². The molecule has 4 aliphatic heterocycles. The summed E-state index contributed by atoms with van der Waals surface area (Å²) in [5.41, 5.74) is 0.296. The molecule has 4 fully saturated rings. The zero-order chi connectivity index (χ0) is 53.1. The van der Waals surface area contributed by atoms with E-state index < -0.39 is 177 Å². The average molecular weight is 1050 g/mol. The number of benzene rings is 1. The number of aliphatic hydroxyl groups is 7. The first-order valence-electron chi connectivity index (χ1n) is 22.5. The van der Waals surface area contributed by atoms with Crippen molar-refractivity contribution in [3.8, 4) is 0 Å². The summed E-state index contributed by atoms with van der Waals surface area (Å²) in [6.45, 7) is 0.924. The molecule has 0 spiro atoms. The van der Waals surface area contributed by atoms with Crippen molar-refractivity contribution in [2.75, 3.05) is 38.7 Å². The topological polar surface area (TPSA) is 436 Å². The van der Waals surface area contributed by atoms with Crippen LogP contribution in [0.2, 0.25) is 0 Å². The molecule has 30 heteroatoms. The molecule has 0 aliphatic carbocycles. The molecule has 4 heterocycles. The van der Waals surface area contributed by atoms with E-state index in [1.807, 2.05) is 0 Å². The molecule has 1 aromatic rings. The van der Waals surface area contributed by atoms with Gasteiger partial charge in [0.15, 0.2) is 31.1 Å². The van der Waals surface area contributed by atoms with Gasteiger partial charge >= 0.3 is 18.0 Å². The SMILES string of the molecule is CC(=O)NC1COC(CO)[C@@H](O)C1O[C@@H]1OC(C(=O)O)[C@@H](O[C@@H]2OC(COC(=O)NCCNC(=O)[C@H](CS)NC(=O)c3ccccc3)[C@@H](O)C(O[C@@H]3OC(C(=O)O)C(C)C(O)C3O)C2NC(C)=O)C(O)C1O. The molecule has 4 saturated heterocycles. The third kappa shape index (κ3) is 14.4. The number of ether oxygens (including phenoxy) is 8. The van der Waals surface area contributed by atoms with Crippen molar-refractivity contribution in [2.24, 2.45) is 5.92 Å². The molecule has 0 saturated carbocycles. The van der Waals surface area contributed by atoms with Crippen LogP contribution in [0.3, 0.4) is 0 Å². The third-order valence-electron chi connectivity index (χ3n) is 12.0. The maximum Gasteiger partial charge on any atom is 0.407 e. The lowest BCUT2D eigenvalue weighted by molar-refractivity contribution is -0.364. The Balaban J connectivity index is 1.35. The second-order valence-electron chi connectivity index (χ2n) is 17.2. The quantitative estimate of drug-likeness (QED) is 0.0426. The first kappa shape index (κ1) is 58.0. The van der Waals surface area contributed by atoms with Crippen molar-refractivity contribution in [1.82, 2.24) is 26.6 Å². The van der Waals surface area contributed by atoms with Gasteiger partial charge in [0, 0.05) is 44.2 Å². The lowest BCUT2D eigenvalue weighted by Crippen LogP contribution is -2.70. The average Bonchev–Trinajstić information content (AvgIpc) is 3.33. The molecule has 4 aliphatic rings. The van der Waals surface area contributed by atoms with Crippen LogP contribution in [0.25, 0.3) is 0 Å². The highest BCUT2D eigenvalue weighted by Crippen LogP contribution is 2.35. The van der Waals surface area contributed by atoms with Crippen molar-refractivity contribution in [2.45, 2.75) is 137 Å². The number of carbonyl (C=O) groups excluding carboxylic acids is 5. The third-order valence-corrected chi connectivity index (χ3v) is 12.3. The van der Waals surface area contributed by atoms with E-state index in [2.05, 4.69) is 39.2 Å². The van der Waals surface area contributed by atoms with Crippen LogP contribution in [0.4, 0.5) is 4.79 Å². The molecular weight excluding hydrogens is 991 g/mol. The maximum atomic E-state index is 12.9. The van der Waals surface area contributed by atoms with E-state index in [1.165, 1.54) is 6.92 Å². The number of amides is 5. The lowest BCUT2D eigenvalue weighted by atomic mass is 9.90. The largest absolute Gasteiger partial charge is 0.479 e. The summed E-state index contributed by atoms with van der Waals surface area (Å²) < 4.78 is 45.2. The van der Waals surface area contributed by atoms with Gasteiger partial charge in [0.05, 0.1) is 25.4 Å². The number of nitrogens with one attached hydrogen (secondary N) is 5. The van der Waals surface area contributed by atoms with E-state index in [0.717, 1.165) is 13.8 Å². The Hall–Kier alpha value is -4.90. The van der Waals surface area contributed by atoms with Crippen LogP contribution < -0.4 is 26.6 Å². The molecule has 0 aromatic heterocycles. The Kier molecular flexibility index (Phi) is 21.2. The number of hydrogen-bond acceptors (Lipinski definition) is 23. The molecule has 72 heavy (non-hydrogen) atoms. The van der Waals surface area contributed by atoms with Gasteiger partial charge in [-0.05, 0) is 12.1 Å². The summed E-state index contributed by atoms with van der Waals surface area (Å²) in [6, 6.07) is 4.00. The summed E-state index contributed by atoms with van der Waals surface area (Å²) >= 11 is 4.12. The predicted molar refractivity (Wildman–Crippen MR) is 237 cm³/mol. The van der Waals surface area contributed by atoms with Crippen LogP contribution in [-0.4, -0.2) is 243 Å². The number of aliphatic carboxylic acids is 2. The second-order valence-corrected chi connectivity index (χ2v) is 17.5. The highest BCUT2D eigenvalue weighted by molar-refractivity contribution is 7.80. The fourth-order valence-electron chi connectivity index (χ4n) is 8.18. The van der Waals surface area contributed by atoms with Gasteiger partial charge in [-0.3, -0.25) is 19.2 Å². The molecule has 0 radical (unpaired) electrons. The van der Waals surface area contributed by atoms with E-state index >= 15 is 0 Å². The fraction of sp³-hybridized carbons (Fsp3) is 0.690. The number of aliphatic hydroxyl groups excluding tert-OH is 7. The molecule has 1 aromatic carbocycles. The summed E-state index contributed by atoms with van der Waals surface area (Å²) in [4.78, 5) is 87.8. The second kappa shape index (κ2) is 26.4. The predicted octanol–water partition coefficient (Wildman–Crippen LogP) is -6.74. The monoisotopic (exact) mass is 1050 g/mol. The molecule has 0 bridgehead atoms. The molecule has 14 N–H and O–H groups in total. The first-order valence-corrected chi connectivity index (χ1v) is 23.1. The number of hydrogen-bond donors (Lipinski definition) is 15. The van der Waals surface area contributed by atoms with E-state index in [0.29, 0.717) is 5.56 Å². The van der Waals surface area contributed by atoms with Crippen LogP contribution in [0.5, 0.6) is 0 Å². The number of rotatable bonds is 20. The number of alkyl carbamates (subject to hydrolysis) is 1. The Morgan fingerprint density at radius 3 is 1.86 bits per heavy atom. The summed E-state index contributed by atoms with van der Waals surface area (Å²) in [5.74, 6) is -7.42. The number of carboxylic acid groups (broad SMARTS) is 2. The van der Waals surface area contributed by atoms with Crippen LogP contribution >= 0.6 is 12.6 Å². The van der Waals surface area contributed by atoms with Gasteiger partial charge < -0.3 is 110 Å². The Morgan fingerprint density at radius 1 is 0.694 bits per heavy atom. The Labute approximate surface area is 415 Å². The van der Waals surface area contributed by atoms with Gasteiger partial charge in [0.25, 0.3) is 5.91 Å². The first-order chi connectivity index (χ1) is 34.1. The summed E-state index contributed by atoms with van der Waals surface area (Å²) in [5, 5.41) is 109. The molecule has 5 amide bonds. The highest BCUT2D eigenvalue weighted by atomic mass is 32.1. The number of thiol groups is 1. The van der Waals surface area contributed by atoms with Gasteiger partial charge in [-0.1, -0.05) is 25.1 Å². The van der Waals surface area contributed by atoms with Crippen LogP contribution in [0.1, 0.15) is 31.1 Å². The molecule has 29 nitrogen and oxygen atoms in total. The van der Waals surface area contributed by atoms with Crippen molar-refractivity contribution in [3.05, 3.63) is 35.9 Å². The minimum absolute atomic E-state index is 0.0811. The molecule has 404 valence electrons. The molecule has 20 atom stereocenters.